The molecule has 1 atom stereocenters. The summed E-state index contributed by atoms with van der Waals surface area (Å²) in [5.41, 5.74) is 1.02. The molecular formula is C11H11BrF3NO. The first kappa shape index (κ1) is 12.7. The lowest BCUT2D eigenvalue weighted by atomic mass is 9.98. The molecule has 1 aliphatic heterocycles. The van der Waals surface area contributed by atoms with E-state index in [1.807, 2.05) is 0 Å². The topological polar surface area (TPSA) is 21.3 Å². The molecule has 1 aliphatic rings. The largest absolute Gasteiger partial charge is 0.573 e. The van der Waals surface area contributed by atoms with Crippen molar-refractivity contribution in [3.63, 3.8) is 0 Å². The van der Waals surface area contributed by atoms with E-state index in [1.165, 1.54) is 6.07 Å². The van der Waals surface area contributed by atoms with Crippen molar-refractivity contribution in [3.8, 4) is 5.75 Å². The molecule has 1 fully saturated rings. The first-order valence-electron chi connectivity index (χ1n) is 5.21. The molecule has 0 bridgehead atoms. The Morgan fingerprint density at radius 1 is 1.35 bits per heavy atom. The first-order chi connectivity index (χ1) is 7.96. The van der Waals surface area contributed by atoms with Gasteiger partial charge in [-0.25, -0.2) is 0 Å². The van der Waals surface area contributed by atoms with Crippen molar-refractivity contribution in [1.29, 1.82) is 0 Å². The molecule has 0 spiro atoms. The van der Waals surface area contributed by atoms with Gasteiger partial charge in [0.25, 0.3) is 0 Å². The molecule has 1 N–H and O–H groups in total. The van der Waals surface area contributed by atoms with Gasteiger partial charge in [0.15, 0.2) is 0 Å². The highest BCUT2D eigenvalue weighted by atomic mass is 79.9. The highest BCUT2D eigenvalue weighted by Crippen LogP contribution is 2.34. The lowest BCUT2D eigenvalue weighted by Gasteiger charge is -2.13. The van der Waals surface area contributed by atoms with E-state index in [-0.39, 0.29) is 5.75 Å². The predicted molar refractivity (Wildman–Crippen MR) is 61.1 cm³/mol. The summed E-state index contributed by atoms with van der Waals surface area (Å²) in [7, 11) is 0. The first-order valence-corrected chi connectivity index (χ1v) is 6.01. The zero-order chi connectivity index (χ0) is 12.5. The van der Waals surface area contributed by atoms with Crippen LogP contribution >= 0.6 is 15.9 Å². The maximum absolute atomic E-state index is 12.1. The molecule has 0 aromatic heterocycles. The van der Waals surface area contributed by atoms with Crippen LogP contribution in [0.1, 0.15) is 17.9 Å². The van der Waals surface area contributed by atoms with Crippen LogP contribution < -0.4 is 10.1 Å². The summed E-state index contributed by atoms with van der Waals surface area (Å²) in [5.74, 6) is 0.165. The molecule has 17 heavy (non-hydrogen) atoms. The van der Waals surface area contributed by atoms with Gasteiger partial charge in [-0.1, -0.05) is 6.07 Å². The Balaban J connectivity index is 2.16. The van der Waals surface area contributed by atoms with E-state index >= 15 is 0 Å². The molecule has 1 aromatic rings. The monoisotopic (exact) mass is 309 g/mol. The van der Waals surface area contributed by atoms with Gasteiger partial charge in [-0.15, -0.1) is 13.2 Å². The summed E-state index contributed by atoms with van der Waals surface area (Å²) in [5, 5.41) is 3.22. The fraction of sp³-hybridized carbons (Fsp3) is 0.455. The third-order valence-corrected chi connectivity index (χ3v) is 3.33. The lowest BCUT2D eigenvalue weighted by molar-refractivity contribution is -0.274. The van der Waals surface area contributed by atoms with Crippen LogP contribution in [0.2, 0.25) is 0 Å². The van der Waals surface area contributed by atoms with E-state index in [1.54, 1.807) is 12.1 Å². The maximum Gasteiger partial charge on any atom is 0.573 e. The van der Waals surface area contributed by atoms with Crippen molar-refractivity contribution < 1.29 is 17.9 Å². The molecule has 0 amide bonds. The number of ether oxygens (including phenoxy) is 1. The van der Waals surface area contributed by atoms with Crippen molar-refractivity contribution >= 4 is 15.9 Å². The maximum atomic E-state index is 12.1. The number of nitrogens with one attached hydrogen (secondary N) is 1. The Morgan fingerprint density at radius 3 is 2.65 bits per heavy atom. The van der Waals surface area contributed by atoms with Crippen LogP contribution in [-0.4, -0.2) is 19.5 Å². The molecule has 1 heterocycles. The van der Waals surface area contributed by atoms with Crippen molar-refractivity contribution in [2.24, 2.45) is 0 Å². The zero-order valence-corrected chi connectivity index (χ0v) is 10.4. The lowest BCUT2D eigenvalue weighted by Crippen LogP contribution is -2.17. The van der Waals surface area contributed by atoms with Crippen molar-refractivity contribution in [3.05, 3.63) is 28.2 Å². The van der Waals surface area contributed by atoms with Gasteiger partial charge in [-0.3, -0.25) is 0 Å². The van der Waals surface area contributed by atoms with Gasteiger partial charge >= 0.3 is 6.36 Å². The Hall–Kier alpha value is -0.750. The molecule has 2 nitrogen and oxygen atoms in total. The third kappa shape index (κ3) is 3.35. The molecule has 1 unspecified atom stereocenters. The van der Waals surface area contributed by atoms with Crippen LogP contribution in [0.25, 0.3) is 0 Å². The zero-order valence-electron chi connectivity index (χ0n) is 8.85. The Morgan fingerprint density at radius 2 is 2.12 bits per heavy atom. The van der Waals surface area contributed by atoms with Crippen LogP contribution in [-0.2, 0) is 0 Å². The second-order valence-electron chi connectivity index (χ2n) is 3.93. The Bertz CT molecular complexity index is 402. The van der Waals surface area contributed by atoms with Gasteiger partial charge in [0.2, 0.25) is 0 Å². The van der Waals surface area contributed by atoms with E-state index in [9.17, 15) is 13.2 Å². The smallest absolute Gasteiger partial charge is 0.405 e. The Kier molecular flexibility index (Phi) is 3.63. The van der Waals surface area contributed by atoms with Gasteiger partial charge in [-0.05, 0) is 52.5 Å². The normalized spacial score (nSPS) is 20.6. The molecule has 1 aromatic carbocycles. The van der Waals surface area contributed by atoms with Gasteiger partial charge in [0, 0.05) is 6.54 Å². The standard InChI is InChI=1S/C11H11BrF3NO/c12-9-5-7(8-3-4-16-6-8)1-2-10(9)17-11(13,14)15/h1-2,5,8,16H,3-4,6H2. The summed E-state index contributed by atoms with van der Waals surface area (Å²) in [6.45, 7) is 1.81. The quantitative estimate of drug-likeness (QED) is 0.904. The predicted octanol–water partition coefficient (Wildman–Crippen LogP) is 3.42. The summed E-state index contributed by atoms with van der Waals surface area (Å²) >= 11 is 3.10. The number of halogens is 4. The summed E-state index contributed by atoms with van der Waals surface area (Å²) in [6.07, 6.45) is -3.65. The minimum absolute atomic E-state index is 0.202. The molecule has 0 aliphatic carbocycles. The molecule has 6 heteroatoms. The van der Waals surface area contributed by atoms with Gasteiger partial charge in [0.1, 0.15) is 5.75 Å². The number of hydrogen-bond donors (Lipinski definition) is 1. The molecule has 0 saturated carbocycles. The van der Waals surface area contributed by atoms with Crippen LogP contribution in [0.15, 0.2) is 22.7 Å². The third-order valence-electron chi connectivity index (χ3n) is 2.71. The summed E-state index contributed by atoms with van der Waals surface area (Å²) < 4.78 is 40.4. The van der Waals surface area contributed by atoms with Crippen molar-refractivity contribution in [2.75, 3.05) is 13.1 Å². The van der Waals surface area contributed by atoms with Crippen molar-refractivity contribution in [2.45, 2.75) is 18.7 Å². The molecule has 2 rings (SSSR count). The van der Waals surface area contributed by atoms with E-state index in [0.717, 1.165) is 25.1 Å². The Labute approximate surface area is 105 Å². The van der Waals surface area contributed by atoms with Gasteiger partial charge in [-0.2, -0.15) is 0 Å². The summed E-state index contributed by atoms with van der Waals surface area (Å²) in [4.78, 5) is 0. The average Bonchev–Trinajstić information content (AvgIpc) is 2.72. The van der Waals surface area contributed by atoms with Gasteiger partial charge in [0.05, 0.1) is 4.47 Å². The number of alkyl halides is 3. The highest BCUT2D eigenvalue weighted by Gasteiger charge is 2.32. The van der Waals surface area contributed by atoms with Crippen LogP contribution in [0.3, 0.4) is 0 Å². The number of hydrogen-bond acceptors (Lipinski definition) is 2. The second kappa shape index (κ2) is 4.86. The van der Waals surface area contributed by atoms with E-state index in [4.69, 9.17) is 0 Å². The molecule has 1 saturated heterocycles. The molecule has 0 radical (unpaired) electrons. The minimum atomic E-state index is -4.65. The van der Waals surface area contributed by atoms with E-state index in [0.29, 0.717) is 10.4 Å². The molecule has 94 valence electrons. The van der Waals surface area contributed by atoms with E-state index in [2.05, 4.69) is 26.0 Å². The van der Waals surface area contributed by atoms with Gasteiger partial charge < -0.3 is 10.1 Å². The average molecular weight is 310 g/mol. The van der Waals surface area contributed by atoms with Crippen molar-refractivity contribution in [1.82, 2.24) is 5.32 Å². The fourth-order valence-electron chi connectivity index (χ4n) is 1.92. The highest BCUT2D eigenvalue weighted by molar-refractivity contribution is 9.10. The molecular weight excluding hydrogens is 299 g/mol. The summed E-state index contributed by atoms with van der Waals surface area (Å²) in [6, 6.07) is 4.73. The minimum Gasteiger partial charge on any atom is -0.405 e. The van der Waals surface area contributed by atoms with Crippen LogP contribution in [0.5, 0.6) is 5.75 Å². The number of rotatable bonds is 2. The van der Waals surface area contributed by atoms with E-state index < -0.39 is 6.36 Å². The van der Waals surface area contributed by atoms with Crippen LogP contribution in [0.4, 0.5) is 13.2 Å². The fourth-order valence-corrected chi connectivity index (χ4v) is 2.40. The van der Waals surface area contributed by atoms with Crippen LogP contribution in [0, 0.1) is 0 Å². The second-order valence-corrected chi connectivity index (χ2v) is 4.78. The number of benzene rings is 1. The SMILES string of the molecule is FC(F)(F)Oc1ccc(C2CCNC2)cc1Br.